The van der Waals surface area contributed by atoms with Crippen LogP contribution in [0.4, 0.5) is 0 Å². The molecule has 1 aromatic heterocycles. The Labute approximate surface area is 206 Å². The SMILES string of the molecule is CC(=O)N[C@@]12CN(CC(=O)NCCc3nc4ccccc4[nH]3)CC[C@@H]1[C@@H](c1ccccc1)N(C)C2. The maximum atomic E-state index is 12.8. The molecule has 2 aromatic carbocycles. The largest absolute Gasteiger partial charge is 0.355 e. The Balaban J connectivity index is 1.20. The third-order valence-corrected chi connectivity index (χ3v) is 7.42. The zero-order valence-corrected chi connectivity index (χ0v) is 20.5. The number of aromatic nitrogens is 2. The van der Waals surface area contributed by atoms with E-state index in [-0.39, 0.29) is 23.4 Å². The second-order valence-corrected chi connectivity index (χ2v) is 10.0. The Morgan fingerprint density at radius 1 is 1.11 bits per heavy atom. The van der Waals surface area contributed by atoms with Gasteiger partial charge in [-0.1, -0.05) is 42.5 Å². The summed E-state index contributed by atoms with van der Waals surface area (Å²) in [5, 5.41) is 6.34. The molecule has 2 saturated heterocycles. The third-order valence-electron chi connectivity index (χ3n) is 7.42. The fourth-order valence-electron chi connectivity index (χ4n) is 6.17. The number of amides is 2. The van der Waals surface area contributed by atoms with Crippen LogP contribution in [0, 0.1) is 5.92 Å². The van der Waals surface area contributed by atoms with E-state index >= 15 is 0 Å². The molecule has 3 heterocycles. The predicted octanol–water partition coefficient (Wildman–Crippen LogP) is 2.11. The maximum Gasteiger partial charge on any atom is 0.234 e. The number of likely N-dealkylation sites (tertiary alicyclic amines) is 2. The van der Waals surface area contributed by atoms with Crippen LogP contribution in [-0.4, -0.2) is 76.9 Å². The lowest BCUT2D eigenvalue weighted by Crippen LogP contribution is -2.64. The van der Waals surface area contributed by atoms with Gasteiger partial charge in [0.25, 0.3) is 0 Å². The Morgan fingerprint density at radius 3 is 2.66 bits per heavy atom. The summed E-state index contributed by atoms with van der Waals surface area (Å²) in [5.41, 5.74) is 2.86. The smallest absolute Gasteiger partial charge is 0.234 e. The molecule has 0 unspecified atom stereocenters. The molecule has 0 radical (unpaired) electrons. The predicted molar refractivity (Wildman–Crippen MR) is 136 cm³/mol. The van der Waals surface area contributed by atoms with Crippen LogP contribution in [0.25, 0.3) is 11.0 Å². The van der Waals surface area contributed by atoms with Crippen LogP contribution in [0.1, 0.15) is 30.8 Å². The number of aromatic amines is 1. The van der Waals surface area contributed by atoms with Gasteiger partial charge in [0.2, 0.25) is 11.8 Å². The molecular formula is C27H34N6O2. The second-order valence-electron chi connectivity index (χ2n) is 10.0. The monoisotopic (exact) mass is 474 g/mol. The number of carbonyl (C=O) groups excluding carboxylic acids is 2. The first kappa shape index (κ1) is 23.5. The van der Waals surface area contributed by atoms with Crippen molar-refractivity contribution in [2.45, 2.75) is 31.3 Å². The molecule has 3 atom stereocenters. The zero-order valence-electron chi connectivity index (χ0n) is 20.5. The van der Waals surface area contributed by atoms with Gasteiger partial charge in [0.05, 0.1) is 23.1 Å². The molecule has 2 fully saturated rings. The zero-order chi connectivity index (χ0) is 24.4. The van der Waals surface area contributed by atoms with Crippen molar-refractivity contribution in [3.05, 3.63) is 66.0 Å². The number of benzene rings is 2. The first-order chi connectivity index (χ1) is 16.9. The Morgan fingerprint density at radius 2 is 1.89 bits per heavy atom. The summed E-state index contributed by atoms with van der Waals surface area (Å²) in [7, 11) is 2.13. The van der Waals surface area contributed by atoms with Crippen molar-refractivity contribution in [1.82, 2.24) is 30.4 Å². The summed E-state index contributed by atoms with van der Waals surface area (Å²) in [6.07, 6.45) is 1.58. The maximum absolute atomic E-state index is 12.8. The van der Waals surface area contributed by atoms with Gasteiger partial charge in [-0.3, -0.25) is 19.4 Å². The van der Waals surface area contributed by atoms with Gasteiger partial charge in [0, 0.05) is 44.9 Å². The van der Waals surface area contributed by atoms with Crippen LogP contribution in [0.5, 0.6) is 0 Å². The summed E-state index contributed by atoms with van der Waals surface area (Å²) in [5.74, 6) is 1.15. The molecule has 5 rings (SSSR count). The molecule has 8 heteroatoms. The molecule has 3 N–H and O–H groups in total. The number of hydrogen-bond acceptors (Lipinski definition) is 5. The van der Waals surface area contributed by atoms with E-state index in [2.05, 4.69) is 61.7 Å². The molecule has 184 valence electrons. The van der Waals surface area contributed by atoms with Crippen LogP contribution in [0.3, 0.4) is 0 Å². The first-order valence-electron chi connectivity index (χ1n) is 12.4. The lowest BCUT2D eigenvalue weighted by molar-refractivity contribution is -0.124. The topological polar surface area (TPSA) is 93.4 Å². The number of H-pyrrole nitrogens is 1. The first-order valence-corrected chi connectivity index (χ1v) is 12.4. The summed E-state index contributed by atoms with van der Waals surface area (Å²) >= 11 is 0. The van der Waals surface area contributed by atoms with E-state index in [0.29, 0.717) is 32.0 Å². The number of likely N-dealkylation sites (N-methyl/N-ethyl adjacent to an activating group) is 1. The standard InChI is InChI=1S/C27H34N6O2/c1-19(34)31-27-17-32(2)26(20-8-4-3-5-9-20)21(27)13-15-33(18-27)16-25(35)28-14-12-24-29-22-10-6-7-11-23(22)30-24/h3-11,21,26H,12-18H2,1-2H3,(H,28,35)(H,29,30)(H,31,34)/t21-,26-,27+/m1/s1. The normalized spacial score (nSPS) is 24.9. The highest BCUT2D eigenvalue weighted by Crippen LogP contribution is 2.46. The summed E-state index contributed by atoms with van der Waals surface area (Å²) < 4.78 is 0. The second kappa shape index (κ2) is 9.79. The Kier molecular flexibility index (Phi) is 6.58. The van der Waals surface area contributed by atoms with Gasteiger partial charge in [-0.05, 0) is 37.7 Å². The number of piperidine rings is 1. The highest BCUT2D eigenvalue weighted by atomic mass is 16.2. The molecule has 2 amide bonds. The Bertz CT molecular complexity index is 1160. The number of hydrogen-bond donors (Lipinski definition) is 3. The average molecular weight is 475 g/mol. The van der Waals surface area contributed by atoms with Crippen molar-refractivity contribution < 1.29 is 9.59 Å². The van der Waals surface area contributed by atoms with Crippen molar-refractivity contribution in [3.63, 3.8) is 0 Å². The summed E-state index contributed by atoms with van der Waals surface area (Å²) in [4.78, 5) is 37.4. The van der Waals surface area contributed by atoms with Crippen LogP contribution in [-0.2, 0) is 16.0 Å². The van der Waals surface area contributed by atoms with E-state index < -0.39 is 0 Å². The van der Waals surface area contributed by atoms with Crippen LogP contribution >= 0.6 is 0 Å². The van der Waals surface area contributed by atoms with E-state index in [1.165, 1.54) is 5.56 Å². The lowest BCUT2D eigenvalue weighted by atomic mass is 9.75. The number of imidazole rings is 1. The van der Waals surface area contributed by atoms with E-state index in [4.69, 9.17) is 0 Å². The molecule has 0 spiro atoms. The van der Waals surface area contributed by atoms with Crippen molar-refractivity contribution in [2.24, 2.45) is 5.92 Å². The minimum atomic E-state index is -0.367. The molecule has 8 nitrogen and oxygen atoms in total. The number of nitrogens with zero attached hydrogens (tertiary/aromatic N) is 3. The number of fused-ring (bicyclic) bond motifs is 2. The van der Waals surface area contributed by atoms with Crippen molar-refractivity contribution in [2.75, 3.05) is 39.8 Å². The van der Waals surface area contributed by atoms with Crippen molar-refractivity contribution in [3.8, 4) is 0 Å². The fraction of sp³-hybridized carbons (Fsp3) is 0.444. The van der Waals surface area contributed by atoms with Gasteiger partial charge in [-0.25, -0.2) is 4.98 Å². The van der Waals surface area contributed by atoms with Gasteiger partial charge < -0.3 is 15.6 Å². The number of nitrogens with one attached hydrogen (secondary N) is 3. The van der Waals surface area contributed by atoms with E-state index in [1.54, 1.807) is 6.92 Å². The van der Waals surface area contributed by atoms with Crippen molar-refractivity contribution in [1.29, 1.82) is 0 Å². The molecule has 0 aliphatic carbocycles. The van der Waals surface area contributed by atoms with Gasteiger partial charge in [0.15, 0.2) is 0 Å². The number of rotatable bonds is 7. The van der Waals surface area contributed by atoms with E-state index in [9.17, 15) is 9.59 Å². The lowest BCUT2D eigenvalue weighted by Gasteiger charge is -2.45. The molecule has 35 heavy (non-hydrogen) atoms. The van der Waals surface area contributed by atoms with Crippen LogP contribution in [0.15, 0.2) is 54.6 Å². The molecule has 0 saturated carbocycles. The highest BCUT2D eigenvalue weighted by molar-refractivity contribution is 5.78. The molecule has 3 aromatic rings. The van der Waals surface area contributed by atoms with Crippen LogP contribution in [0.2, 0.25) is 0 Å². The van der Waals surface area contributed by atoms with Gasteiger partial charge in [-0.2, -0.15) is 0 Å². The molecule has 0 bridgehead atoms. The summed E-state index contributed by atoms with van der Waals surface area (Å²) in [6, 6.07) is 18.7. The molecular weight excluding hydrogens is 440 g/mol. The van der Waals surface area contributed by atoms with Gasteiger partial charge >= 0.3 is 0 Å². The third kappa shape index (κ3) is 4.94. The number of para-hydroxylation sites is 2. The van der Waals surface area contributed by atoms with Crippen molar-refractivity contribution >= 4 is 22.8 Å². The minimum Gasteiger partial charge on any atom is -0.355 e. The highest BCUT2D eigenvalue weighted by Gasteiger charge is 2.54. The van der Waals surface area contributed by atoms with Gasteiger partial charge in [0.1, 0.15) is 5.82 Å². The molecule has 2 aliphatic heterocycles. The summed E-state index contributed by atoms with van der Waals surface area (Å²) in [6.45, 7) is 4.72. The quantitative estimate of drug-likeness (QED) is 0.488. The Hall–Kier alpha value is -3.23. The van der Waals surface area contributed by atoms with E-state index in [0.717, 1.165) is 36.4 Å². The van der Waals surface area contributed by atoms with Crippen LogP contribution < -0.4 is 10.6 Å². The van der Waals surface area contributed by atoms with Gasteiger partial charge in [-0.15, -0.1) is 0 Å². The average Bonchev–Trinajstić information content (AvgIpc) is 3.36. The fourth-order valence-corrected chi connectivity index (χ4v) is 6.17. The van der Waals surface area contributed by atoms with E-state index in [1.807, 2.05) is 30.3 Å². The minimum absolute atomic E-state index is 0.00324. The number of carbonyl (C=O) groups is 2. The molecule has 2 aliphatic rings.